The van der Waals surface area contributed by atoms with Crippen molar-refractivity contribution in [3.8, 4) is 0 Å². The number of carbonyl (C=O) groups is 1. The highest BCUT2D eigenvalue weighted by molar-refractivity contribution is 9.10. The smallest absolute Gasteiger partial charge is 0.343 e. The van der Waals surface area contributed by atoms with E-state index < -0.39 is 5.97 Å². The molecule has 4 nitrogen and oxygen atoms in total. The lowest BCUT2D eigenvalue weighted by molar-refractivity contribution is -0.135. The van der Waals surface area contributed by atoms with Gasteiger partial charge in [-0.15, -0.1) is 0 Å². The first-order chi connectivity index (χ1) is 7.97. The molecule has 17 heavy (non-hydrogen) atoms. The van der Waals surface area contributed by atoms with Crippen LogP contribution in [0.2, 0.25) is 0 Å². The van der Waals surface area contributed by atoms with E-state index in [2.05, 4.69) is 20.7 Å². The van der Waals surface area contributed by atoms with Gasteiger partial charge in [0.25, 0.3) is 0 Å². The van der Waals surface area contributed by atoms with Crippen LogP contribution in [0, 0.1) is 5.41 Å². The summed E-state index contributed by atoms with van der Waals surface area (Å²) in [5, 5.41) is 17.3. The van der Waals surface area contributed by atoms with E-state index in [1.54, 1.807) is 24.3 Å². The quantitative estimate of drug-likeness (QED) is 0.390. The van der Waals surface area contributed by atoms with E-state index in [1.165, 1.54) is 14.0 Å². The van der Waals surface area contributed by atoms with E-state index in [0.717, 1.165) is 4.47 Å². The molecule has 1 aromatic carbocycles. The number of allylic oxidation sites excluding steroid dienone is 1. The lowest BCUT2D eigenvalue weighted by Gasteiger charge is -2.08. The normalized spacial score (nSPS) is 11.7. The van der Waals surface area contributed by atoms with Crippen molar-refractivity contribution < 1.29 is 14.6 Å². The predicted octanol–water partition coefficient (Wildman–Crippen LogP) is 2.82. The van der Waals surface area contributed by atoms with E-state index in [4.69, 9.17) is 5.41 Å². The Morgan fingerprint density at radius 1 is 1.35 bits per heavy atom. The van der Waals surface area contributed by atoms with Crippen LogP contribution in [0.25, 0.3) is 0 Å². The highest BCUT2D eigenvalue weighted by Crippen LogP contribution is 2.16. The number of benzene rings is 1. The van der Waals surface area contributed by atoms with E-state index in [1.807, 2.05) is 0 Å². The molecular formula is C12H12BrNO3. The molecule has 0 heterocycles. The number of carbonyl (C=O) groups excluding carboxylic acids is 1. The number of halogens is 1. The van der Waals surface area contributed by atoms with Crippen molar-refractivity contribution in [1.82, 2.24) is 0 Å². The highest BCUT2D eigenvalue weighted by atomic mass is 79.9. The SMILES string of the molecule is COC(=O)/C(C(=N)c1ccc(Br)cc1)=C(/C)O. The molecule has 1 rings (SSSR count). The van der Waals surface area contributed by atoms with Crippen LogP contribution in [0.5, 0.6) is 0 Å². The monoisotopic (exact) mass is 297 g/mol. The van der Waals surface area contributed by atoms with Gasteiger partial charge in [0.2, 0.25) is 0 Å². The van der Waals surface area contributed by atoms with Crippen LogP contribution in [0.3, 0.4) is 0 Å². The molecule has 2 N–H and O–H groups in total. The molecule has 0 atom stereocenters. The Labute approximate surface area is 108 Å². The third kappa shape index (κ3) is 3.17. The van der Waals surface area contributed by atoms with Crippen LogP contribution in [-0.4, -0.2) is 23.9 Å². The minimum absolute atomic E-state index is 0.0654. The first kappa shape index (κ1) is 13.4. The first-order valence-electron chi connectivity index (χ1n) is 4.80. The number of hydrogen-bond donors (Lipinski definition) is 2. The van der Waals surface area contributed by atoms with Gasteiger partial charge in [0, 0.05) is 10.0 Å². The Kier molecular flexibility index (Phi) is 4.45. The van der Waals surface area contributed by atoms with Crippen molar-refractivity contribution in [3.63, 3.8) is 0 Å². The van der Waals surface area contributed by atoms with Gasteiger partial charge >= 0.3 is 5.97 Å². The fraction of sp³-hybridized carbons (Fsp3) is 0.167. The number of aliphatic hydroxyl groups is 1. The number of nitrogens with one attached hydrogen (secondary N) is 1. The number of rotatable bonds is 3. The number of ether oxygens (including phenoxy) is 1. The molecule has 0 saturated carbocycles. The molecule has 0 aliphatic rings. The maximum atomic E-state index is 11.4. The van der Waals surface area contributed by atoms with Gasteiger partial charge in [-0.2, -0.15) is 0 Å². The van der Waals surface area contributed by atoms with Crippen LogP contribution in [0.1, 0.15) is 12.5 Å². The van der Waals surface area contributed by atoms with Crippen LogP contribution in [0.4, 0.5) is 0 Å². The molecule has 0 aliphatic carbocycles. The lowest BCUT2D eigenvalue weighted by atomic mass is 10.0. The van der Waals surface area contributed by atoms with E-state index in [-0.39, 0.29) is 17.0 Å². The van der Waals surface area contributed by atoms with Gasteiger partial charge in [0.15, 0.2) is 0 Å². The van der Waals surface area contributed by atoms with Gasteiger partial charge in [-0.25, -0.2) is 4.79 Å². The van der Waals surface area contributed by atoms with Crippen LogP contribution in [-0.2, 0) is 9.53 Å². The summed E-state index contributed by atoms with van der Waals surface area (Å²) in [6, 6.07) is 6.87. The minimum atomic E-state index is -0.724. The third-order valence-corrected chi connectivity index (χ3v) is 2.66. The molecule has 1 aromatic rings. The molecule has 0 aliphatic heterocycles. The van der Waals surface area contributed by atoms with Gasteiger partial charge in [-0.05, 0) is 19.1 Å². The molecule has 0 saturated heterocycles. The average molecular weight is 298 g/mol. The highest BCUT2D eigenvalue weighted by Gasteiger charge is 2.20. The van der Waals surface area contributed by atoms with Gasteiger partial charge < -0.3 is 9.84 Å². The molecule has 0 amide bonds. The van der Waals surface area contributed by atoms with E-state index in [9.17, 15) is 9.90 Å². The van der Waals surface area contributed by atoms with Crippen molar-refractivity contribution in [2.24, 2.45) is 0 Å². The van der Waals surface area contributed by atoms with Gasteiger partial charge in [-0.3, -0.25) is 5.41 Å². The van der Waals surface area contributed by atoms with Crippen LogP contribution >= 0.6 is 15.9 Å². The predicted molar refractivity (Wildman–Crippen MR) is 68.3 cm³/mol. The maximum absolute atomic E-state index is 11.4. The van der Waals surface area contributed by atoms with Crippen LogP contribution in [0.15, 0.2) is 40.1 Å². The molecule has 0 bridgehead atoms. The molecule has 5 heteroatoms. The second-order valence-corrected chi connectivity index (χ2v) is 4.25. The molecule has 0 unspecified atom stereocenters. The second-order valence-electron chi connectivity index (χ2n) is 3.33. The lowest BCUT2D eigenvalue weighted by Crippen LogP contribution is -2.16. The third-order valence-electron chi connectivity index (χ3n) is 2.13. The zero-order chi connectivity index (χ0) is 13.0. The summed E-state index contributed by atoms with van der Waals surface area (Å²) in [7, 11) is 1.21. The summed E-state index contributed by atoms with van der Waals surface area (Å²) in [6.07, 6.45) is 0. The summed E-state index contributed by atoms with van der Waals surface area (Å²) in [5.74, 6) is -0.956. The molecule has 90 valence electrons. The summed E-state index contributed by atoms with van der Waals surface area (Å²) in [6.45, 7) is 1.35. The van der Waals surface area contributed by atoms with E-state index in [0.29, 0.717) is 5.56 Å². The molecule has 0 aromatic heterocycles. The van der Waals surface area contributed by atoms with Gasteiger partial charge in [-0.1, -0.05) is 28.1 Å². The summed E-state index contributed by atoms with van der Waals surface area (Å²) in [4.78, 5) is 11.4. The second kappa shape index (κ2) is 5.63. The van der Waals surface area contributed by atoms with Crippen molar-refractivity contribution in [2.75, 3.05) is 7.11 Å². The molecular weight excluding hydrogens is 286 g/mol. The Morgan fingerprint density at radius 2 is 1.88 bits per heavy atom. The van der Waals surface area contributed by atoms with Crippen LogP contribution < -0.4 is 0 Å². The Hall–Kier alpha value is -1.62. The summed E-state index contributed by atoms with van der Waals surface area (Å²) >= 11 is 3.28. The van der Waals surface area contributed by atoms with Crippen molar-refractivity contribution >= 4 is 27.6 Å². The minimum Gasteiger partial charge on any atom is -0.512 e. The molecule has 0 radical (unpaired) electrons. The topological polar surface area (TPSA) is 70.4 Å². The van der Waals surface area contributed by atoms with Crippen molar-refractivity contribution in [1.29, 1.82) is 5.41 Å². The zero-order valence-corrected chi connectivity index (χ0v) is 11.0. The molecule has 0 spiro atoms. The van der Waals surface area contributed by atoms with Crippen molar-refractivity contribution in [2.45, 2.75) is 6.92 Å². The largest absolute Gasteiger partial charge is 0.512 e. The Balaban J connectivity index is 3.15. The average Bonchev–Trinajstić information content (AvgIpc) is 2.29. The summed E-state index contributed by atoms with van der Waals surface area (Å²) in [5.41, 5.74) is 0.334. The number of aliphatic hydroxyl groups excluding tert-OH is 1. The first-order valence-corrected chi connectivity index (χ1v) is 5.59. The standard InChI is InChI=1S/C12H12BrNO3/c1-7(15)10(12(16)17-2)11(14)8-3-5-9(13)6-4-8/h3-6,14-15H,1-2H3/b10-7-,14-11?. The Morgan fingerprint density at radius 3 is 2.29 bits per heavy atom. The number of hydrogen-bond acceptors (Lipinski definition) is 4. The zero-order valence-electron chi connectivity index (χ0n) is 9.45. The molecule has 0 fully saturated rings. The fourth-order valence-corrected chi connectivity index (χ4v) is 1.56. The van der Waals surface area contributed by atoms with Gasteiger partial charge in [0.05, 0.1) is 12.8 Å². The Bertz CT molecular complexity index is 473. The maximum Gasteiger partial charge on any atom is 0.343 e. The number of esters is 1. The van der Waals surface area contributed by atoms with Gasteiger partial charge in [0.1, 0.15) is 11.3 Å². The summed E-state index contributed by atoms with van der Waals surface area (Å²) < 4.78 is 5.41. The van der Waals surface area contributed by atoms with E-state index >= 15 is 0 Å². The fourth-order valence-electron chi connectivity index (χ4n) is 1.29. The van der Waals surface area contributed by atoms with Crippen molar-refractivity contribution in [3.05, 3.63) is 45.6 Å². The number of methoxy groups -OCH3 is 1.